The van der Waals surface area contributed by atoms with Gasteiger partial charge in [-0.25, -0.2) is 0 Å². The third-order valence-electron chi connectivity index (χ3n) is 2.26. The normalized spacial score (nSPS) is 8.89. The van der Waals surface area contributed by atoms with Gasteiger partial charge in [-0.15, -0.1) is 0 Å². The summed E-state index contributed by atoms with van der Waals surface area (Å²) in [5.41, 5.74) is 9.43. The standard InChI is InChI=1S/C13H13N3O3/c1-19-12-8-10(4-2-3-7-15-16-14)5-6-11(12)9-13(17)18/h5-6,8H,3,7,9H2,1H3,(H,17,18). The Hall–Kier alpha value is -2.64. The van der Waals surface area contributed by atoms with Crippen molar-refractivity contribution in [2.45, 2.75) is 12.8 Å². The molecule has 1 aromatic carbocycles. The first-order chi connectivity index (χ1) is 9.17. The van der Waals surface area contributed by atoms with E-state index in [9.17, 15) is 4.79 Å². The number of azide groups is 1. The van der Waals surface area contributed by atoms with Crippen LogP contribution in [0.15, 0.2) is 23.3 Å². The van der Waals surface area contributed by atoms with Crippen molar-refractivity contribution < 1.29 is 14.6 Å². The Balaban J connectivity index is 2.81. The molecule has 0 aliphatic heterocycles. The molecule has 0 amide bonds. The molecule has 1 aromatic rings. The molecule has 0 heterocycles. The number of benzene rings is 1. The third kappa shape index (κ3) is 5.02. The number of nitrogens with zero attached hydrogens (tertiary/aromatic N) is 3. The smallest absolute Gasteiger partial charge is 0.307 e. The number of ether oxygens (including phenoxy) is 1. The van der Waals surface area contributed by atoms with Crippen LogP contribution in [0.1, 0.15) is 17.5 Å². The predicted molar refractivity (Wildman–Crippen MR) is 69.8 cm³/mol. The van der Waals surface area contributed by atoms with Gasteiger partial charge in [-0.2, -0.15) is 0 Å². The average molecular weight is 259 g/mol. The predicted octanol–water partition coefficient (Wildman–Crippen LogP) is 2.37. The molecule has 0 aliphatic rings. The Morgan fingerprint density at radius 1 is 1.58 bits per heavy atom. The Bertz CT molecular complexity index is 566. The van der Waals surface area contributed by atoms with Crippen molar-refractivity contribution in [3.63, 3.8) is 0 Å². The number of carboxylic acids is 1. The van der Waals surface area contributed by atoms with Crippen LogP contribution in [0.3, 0.4) is 0 Å². The fourth-order valence-corrected chi connectivity index (χ4v) is 1.45. The molecule has 0 fully saturated rings. The zero-order valence-electron chi connectivity index (χ0n) is 10.5. The number of hydrogen-bond donors (Lipinski definition) is 1. The van der Waals surface area contributed by atoms with Crippen LogP contribution in [0.2, 0.25) is 0 Å². The van der Waals surface area contributed by atoms with Crippen LogP contribution in [-0.4, -0.2) is 24.7 Å². The van der Waals surface area contributed by atoms with Crippen molar-refractivity contribution in [1.29, 1.82) is 0 Å². The number of carboxylic acid groups (broad SMARTS) is 1. The molecule has 0 aliphatic carbocycles. The molecule has 98 valence electrons. The zero-order valence-corrected chi connectivity index (χ0v) is 10.5. The van der Waals surface area contributed by atoms with Crippen molar-refractivity contribution in [2.75, 3.05) is 13.7 Å². The Kier molecular flexibility index (Phi) is 5.80. The molecule has 19 heavy (non-hydrogen) atoms. The van der Waals surface area contributed by atoms with Crippen molar-refractivity contribution in [2.24, 2.45) is 5.11 Å². The molecular weight excluding hydrogens is 246 g/mol. The van der Waals surface area contributed by atoms with Crippen LogP contribution in [0.4, 0.5) is 0 Å². The number of carbonyl (C=O) groups is 1. The molecule has 0 atom stereocenters. The summed E-state index contributed by atoms with van der Waals surface area (Å²) >= 11 is 0. The number of aliphatic carboxylic acids is 1. The van der Waals surface area contributed by atoms with Crippen LogP contribution >= 0.6 is 0 Å². The maximum Gasteiger partial charge on any atom is 0.307 e. The molecule has 1 N–H and O–H groups in total. The second-order valence-electron chi connectivity index (χ2n) is 3.60. The van der Waals surface area contributed by atoms with Gasteiger partial charge in [0.1, 0.15) is 5.75 Å². The highest BCUT2D eigenvalue weighted by molar-refractivity contribution is 5.71. The van der Waals surface area contributed by atoms with E-state index in [-0.39, 0.29) is 6.42 Å². The van der Waals surface area contributed by atoms with Crippen LogP contribution in [0.5, 0.6) is 5.75 Å². The van der Waals surface area contributed by atoms with Gasteiger partial charge < -0.3 is 9.84 Å². The number of rotatable bonds is 5. The minimum atomic E-state index is -0.911. The molecule has 0 aromatic heterocycles. The van der Waals surface area contributed by atoms with Crippen LogP contribution in [0.25, 0.3) is 10.4 Å². The molecule has 0 spiro atoms. The van der Waals surface area contributed by atoms with Crippen LogP contribution in [-0.2, 0) is 11.2 Å². The lowest BCUT2D eigenvalue weighted by Gasteiger charge is -2.06. The van der Waals surface area contributed by atoms with Gasteiger partial charge in [0.2, 0.25) is 0 Å². The molecule has 0 saturated heterocycles. The lowest BCUT2D eigenvalue weighted by Crippen LogP contribution is -2.02. The summed E-state index contributed by atoms with van der Waals surface area (Å²) in [7, 11) is 1.49. The van der Waals surface area contributed by atoms with Gasteiger partial charge in [-0.05, 0) is 17.7 Å². The Morgan fingerprint density at radius 2 is 2.37 bits per heavy atom. The second-order valence-corrected chi connectivity index (χ2v) is 3.60. The zero-order chi connectivity index (χ0) is 14.1. The highest BCUT2D eigenvalue weighted by Crippen LogP contribution is 2.20. The molecule has 6 nitrogen and oxygen atoms in total. The van der Waals surface area contributed by atoms with E-state index in [4.69, 9.17) is 15.4 Å². The number of methoxy groups -OCH3 is 1. The Labute approximate surface area is 110 Å². The summed E-state index contributed by atoms with van der Waals surface area (Å²) in [4.78, 5) is 13.3. The van der Waals surface area contributed by atoms with Crippen molar-refractivity contribution >= 4 is 5.97 Å². The average Bonchev–Trinajstić information content (AvgIpc) is 2.39. The second kappa shape index (κ2) is 7.64. The van der Waals surface area contributed by atoms with Crippen molar-refractivity contribution in [3.8, 4) is 17.6 Å². The van der Waals surface area contributed by atoms with E-state index in [1.165, 1.54) is 7.11 Å². The molecular formula is C13H13N3O3. The van der Waals surface area contributed by atoms with Gasteiger partial charge in [0.25, 0.3) is 0 Å². The molecule has 0 saturated carbocycles. The van der Waals surface area contributed by atoms with E-state index in [1.54, 1.807) is 18.2 Å². The van der Waals surface area contributed by atoms with Crippen LogP contribution < -0.4 is 4.74 Å². The lowest BCUT2D eigenvalue weighted by molar-refractivity contribution is -0.136. The molecule has 0 unspecified atom stereocenters. The van der Waals surface area contributed by atoms with Gasteiger partial charge in [0.15, 0.2) is 0 Å². The van der Waals surface area contributed by atoms with Gasteiger partial charge >= 0.3 is 5.97 Å². The SMILES string of the molecule is COc1cc(C#CCCN=[N+]=[N-])ccc1CC(=O)O. The topological polar surface area (TPSA) is 95.3 Å². The van der Waals surface area contributed by atoms with Crippen molar-refractivity contribution in [1.82, 2.24) is 0 Å². The third-order valence-corrected chi connectivity index (χ3v) is 2.26. The van der Waals surface area contributed by atoms with E-state index < -0.39 is 5.97 Å². The van der Waals surface area contributed by atoms with Crippen LogP contribution in [0, 0.1) is 11.8 Å². The highest BCUT2D eigenvalue weighted by atomic mass is 16.5. The van der Waals surface area contributed by atoms with Gasteiger partial charge in [-0.3, -0.25) is 4.79 Å². The van der Waals surface area contributed by atoms with E-state index in [0.29, 0.717) is 24.3 Å². The van der Waals surface area contributed by atoms with Crippen molar-refractivity contribution in [3.05, 3.63) is 39.8 Å². The molecule has 0 bridgehead atoms. The van der Waals surface area contributed by atoms with E-state index in [1.807, 2.05) is 0 Å². The monoisotopic (exact) mass is 259 g/mol. The van der Waals surface area contributed by atoms with E-state index >= 15 is 0 Å². The Morgan fingerprint density at radius 3 is 3.00 bits per heavy atom. The first kappa shape index (κ1) is 14.4. The summed E-state index contributed by atoms with van der Waals surface area (Å²) in [5, 5.41) is 12.1. The summed E-state index contributed by atoms with van der Waals surface area (Å²) < 4.78 is 5.13. The largest absolute Gasteiger partial charge is 0.496 e. The molecule has 0 radical (unpaired) electrons. The minimum Gasteiger partial charge on any atom is -0.496 e. The minimum absolute atomic E-state index is 0.0895. The maximum absolute atomic E-state index is 10.7. The first-order valence-electron chi connectivity index (χ1n) is 5.56. The van der Waals surface area contributed by atoms with Gasteiger partial charge in [0.05, 0.1) is 13.5 Å². The van der Waals surface area contributed by atoms with E-state index in [0.717, 1.165) is 5.56 Å². The van der Waals surface area contributed by atoms with E-state index in [2.05, 4.69) is 21.9 Å². The maximum atomic E-state index is 10.7. The quantitative estimate of drug-likeness (QED) is 0.289. The molecule has 6 heteroatoms. The summed E-state index contributed by atoms with van der Waals surface area (Å²) in [6.07, 6.45) is 0.386. The fraction of sp³-hybridized carbons (Fsp3) is 0.308. The summed E-state index contributed by atoms with van der Waals surface area (Å²) in [6.45, 7) is 0.331. The summed E-state index contributed by atoms with van der Waals surface area (Å²) in [5.74, 6) is 5.35. The van der Waals surface area contributed by atoms with Gasteiger partial charge in [0, 0.05) is 29.0 Å². The van der Waals surface area contributed by atoms with Gasteiger partial charge in [-0.1, -0.05) is 23.0 Å². The number of hydrogen-bond acceptors (Lipinski definition) is 3. The first-order valence-corrected chi connectivity index (χ1v) is 5.56. The summed E-state index contributed by atoms with van der Waals surface area (Å²) in [6, 6.07) is 5.12. The molecule has 1 rings (SSSR count). The fourth-order valence-electron chi connectivity index (χ4n) is 1.45. The highest BCUT2D eigenvalue weighted by Gasteiger charge is 2.07. The lowest BCUT2D eigenvalue weighted by atomic mass is 10.1.